The molecular weight excluding hydrogens is 325 g/mol. The number of nitriles is 1. The molecule has 2 nitrogen and oxygen atoms in total. The fourth-order valence-corrected chi connectivity index (χ4v) is 1.82. The Labute approximate surface area is 114 Å². The molecule has 0 aliphatic heterocycles. The van der Waals surface area contributed by atoms with E-state index in [1.165, 1.54) is 3.57 Å². The van der Waals surface area contributed by atoms with Crippen LogP contribution < -0.4 is 4.74 Å². The van der Waals surface area contributed by atoms with Crippen molar-refractivity contribution in [1.82, 2.24) is 0 Å². The molecule has 0 aliphatic rings. The molecule has 0 aliphatic carbocycles. The van der Waals surface area contributed by atoms with E-state index in [0.717, 1.165) is 17.1 Å². The molecule has 84 valence electrons. The van der Waals surface area contributed by atoms with Crippen LogP contribution in [0.4, 0.5) is 0 Å². The summed E-state index contributed by atoms with van der Waals surface area (Å²) < 4.78 is 6.87. The Hall–Kier alpha value is -1.54. The van der Waals surface area contributed by atoms with E-state index >= 15 is 0 Å². The van der Waals surface area contributed by atoms with Gasteiger partial charge in [0.15, 0.2) is 0 Å². The first-order chi connectivity index (χ1) is 8.19. The quantitative estimate of drug-likeness (QED) is 0.768. The molecule has 0 bridgehead atoms. The molecule has 2 rings (SSSR count). The second kappa shape index (κ2) is 5.19. The molecule has 0 unspecified atom stereocenters. The molecule has 0 heterocycles. The van der Waals surface area contributed by atoms with Crippen molar-refractivity contribution in [3.8, 4) is 17.6 Å². The van der Waals surface area contributed by atoms with Crippen molar-refractivity contribution in [2.45, 2.75) is 6.92 Å². The zero-order chi connectivity index (χ0) is 12.3. The van der Waals surface area contributed by atoms with E-state index in [2.05, 4.69) is 28.7 Å². The van der Waals surface area contributed by atoms with Crippen molar-refractivity contribution in [3.63, 3.8) is 0 Å². The second-order valence-corrected chi connectivity index (χ2v) is 4.89. The van der Waals surface area contributed by atoms with Gasteiger partial charge in [-0.3, -0.25) is 0 Å². The maximum Gasteiger partial charge on any atom is 0.127 e. The van der Waals surface area contributed by atoms with Gasteiger partial charge in [0.2, 0.25) is 0 Å². The monoisotopic (exact) mass is 335 g/mol. The molecule has 3 heteroatoms. The van der Waals surface area contributed by atoms with E-state index in [9.17, 15) is 0 Å². The fourth-order valence-electron chi connectivity index (χ4n) is 1.46. The van der Waals surface area contributed by atoms with E-state index in [-0.39, 0.29) is 0 Å². The minimum Gasteiger partial charge on any atom is -0.457 e. The number of ether oxygens (including phenoxy) is 1. The fraction of sp³-hybridized carbons (Fsp3) is 0.0714. The van der Waals surface area contributed by atoms with Gasteiger partial charge >= 0.3 is 0 Å². The maximum atomic E-state index is 8.84. The Kier molecular flexibility index (Phi) is 3.64. The third-order valence-corrected chi connectivity index (χ3v) is 3.09. The first-order valence-corrected chi connectivity index (χ1v) is 6.21. The summed E-state index contributed by atoms with van der Waals surface area (Å²) in [5, 5.41) is 8.84. The summed E-state index contributed by atoms with van der Waals surface area (Å²) in [6, 6.07) is 15.4. The van der Waals surface area contributed by atoms with E-state index in [4.69, 9.17) is 10.00 Å². The Bertz CT molecular complexity index is 570. The zero-order valence-corrected chi connectivity index (χ0v) is 11.4. The lowest BCUT2D eigenvalue weighted by Gasteiger charge is -2.07. The number of halogens is 1. The zero-order valence-electron chi connectivity index (χ0n) is 9.27. The lowest BCUT2D eigenvalue weighted by molar-refractivity contribution is 0.482. The van der Waals surface area contributed by atoms with Gasteiger partial charge in [-0.1, -0.05) is 0 Å². The van der Waals surface area contributed by atoms with Crippen LogP contribution in [0.1, 0.15) is 11.1 Å². The SMILES string of the molecule is Cc1cc(Oc2ccc(I)cc2)ccc1C#N. The van der Waals surface area contributed by atoms with Crippen LogP contribution in [0.5, 0.6) is 11.5 Å². The van der Waals surface area contributed by atoms with Gasteiger partial charge in [0.25, 0.3) is 0 Å². The predicted octanol–water partition coefficient (Wildman–Crippen LogP) is 4.26. The van der Waals surface area contributed by atoms with E-state index in [1.54, 1.807) is 6.07 Å². The predicted molar refractivity (Wildman–Crippen MR) is 75.1 cm³/mol. The molecule has 0 amide bonds. The molecule has 0 fully saturated rings. The van der Waals surface area contributed by atoms with Crippen LogP contribution in [0, 0.1) is 21.8 Å². The van der Waals surface area contributed by atoms with Gasteiger partial charge in [-0.05, 0) is 77.5 Å². The summed E-state index contributed by atoms with van der Waals surface area (Å²) >= 11 is 2.25. The van der Waals surface area contributed by atoms with Crippen molar-refractivity contribution >= 4 is 22.6 Å². The smallest absolute Gasteiger partial charge is 0.127 e. The van der Waals surface area contributed by atoms with Crippen molar-refractivity contribution in [2.75, 3.05) is 0 Å². The van der Waals surface area contributed by atoms with Crippen LogP contribution in [-0.2, 0) is 0 Å². The highest BCUT2D eigenvalue weighted by atomic mass is 127. The highest BCUT2D eigenvalue weighted by molar-refractivity contribution is 14.1. The van der Waals surface area contributed by atoms with Crippen molar-refractivity contribution in [1.29, 1.82) is 5.26 Å². The van der Waals surface area contributed by atoms with Crippen LogP contribution in [0.25, 0.3) is 0 Å². The minimum absolute atomic E-state index is 0.681. The van der Waals surface area contributed by atoms with Crippen molar-refractivity contribution in [2.24, 2.45) is 0 Å². The van der Waals surface area contributed by atoms with Gasteiger partial charge < -0.3 is 4.74 Å². The standard InChI is InChI=1S/C14H10INO/c1-10-8-14(5-2-11(10)9-16)17-13-6-3-12(15)4-7-13/h2-8H,1H3. The molecule has 17 heavy (non-hydrogen) atoms. The van der Waals surface area contributed by atoms with E-state index < -0.39 is 0 Å². The number of rotatable bonds is 2. The average molecular weight is 335 g/mol. The third-order valence-electron chi connectivity index (χ3n) is 2.37. The van der Waals surface area contributed by atoms with Crippen LogP contribution in [0.15, 0.2) is 42.5 Å². The van der Waals surface area contributed by atoms with Gasteiger partial charge in [-0.2, -0.15) is 5.26 Å². The Balaban J connectivity index is 2.22. The van der Waals surface area contributed by atoms with Crippen LogP contribution in [0.3, 0.4) is 0 Å². The maximum absolute atomic E-state index is 8.84. The number of nitrogens with zero attached hydrogens (tertiary/aromatic N) is 1. The van der Waals surface area contributed by atoms with E-state index in [0.29, 0.717) is 5.56 Å². The number of aryl methyl sites for hydroxylation is 1. The summed E-state index contributed by atoms with van der Waals surface area (Å²) in [6.07, 6.45) is 0. The Morgan fingerprint density at radius 2 is 1.71 bits per heavy atom. The molecule has 0 N–H and O–H groups in total. The largest absolute Gasteiger partial charge is 0.457 e. The molecule has 0 aromatic heterocycles. The van der Waals surface area contributed by atoms with Crippen molar-refractivity contribution in [3.05, 3.63) is 57.2 Å². The number of hydrogen-bond acceptors (Lipinski definition) is 2. The van der Waals surface area contributed by atoms with Crippen molar-refractivity contribution < 1.29 is 4.74 Å². The molecule has 2 aromatic carbocycles. The minimum atomic E-state index is 0.681. The summed E-state index contributed by atoms with van der Waals surface area (Å²) in [5.41, 5.74) is 1.61. The molecule has 0 spiro atoms. The summed E-state index contributed by atoms with van der Waals surface area (Å²) in [5.74, 6) is 1.55. The lowest BCUT2D eigenvalue weighted by Crippen LogP contribution is -1.87. The first-order valence-electron chi connectivity index (χ1n) is 5.13. The van der Waals surface area contributed by atoms with Crippen LogP contribution in [0.2, 0.25) is 0 Å². The summed E-state index contributed by atoms with van der Waals surface area (Å²) in [4.78, 5) is 0. The highest BCUT2D eigenvalue weighted by Gasteiger charge is 2.01. The van der Waals surface area contributed by atoms with Gasteiger partial charge in [-0.25, -0.2) is 0 Å². The third kappa shape index (κ3) is 2.98. The van der Waals surface area contributed by atoms with Crippen LogP contribution >= 0.6 is 22.6 Å². The highest BCUT2D eigenvalue weighted by Crippen LogP contribution is 2.24. The second-order valence-electron chi connectivity index (χ2n) is 3.64. The van der Waals surface area contributed by atoms with Gasteiger partial charge in [0.05, 0.1) is 11.6 Å². The number of benzene rings is 2. The molecule has 0 atom stereocenters. The molecular formula is C14H10INO. The van der Waals surface area contributed by atoms with Gasteiger partial charge in [-0.15, -0.1) is 0 Å². The molecule has 2 aromatic rings. The molecule has 0 saturated heterocycles. The van der Waals surface area contributed by atoms with Gasteiger partial charge in [0.1, 0.15) is 11.5 Å². The topological polar surface area (TPSA) is 33.0 Å². The number of hydrogen-bond donors (Lipinski definition) is 0. The Morgan fingerprint density at radius 1 is 1.06 bits per heavy atom. The summed E-state index contributed by atoms with van der Waals surface area (Å²) in [7, 11) is 0. The summed E-state index contributed by atoms with van der Waals surface area (Å²) in [6.45, 7) is 1.90. The molecule has 0 radical (unpaired) electrons. The normalized spacial score (nSPS) is 9.71. The lowest BCUT2D eigenvalue weighted by atomic mass is 10.1. The molecule has 0 saturated carbocycles. The van der Waals surface area contributed by atoms with Crippen LogP contribution in [-0.4, -0.2) is 0 Å². The van der Waals surface area contributed by atoms with Gasteiger partial charge in [0, 0.05) is 3.57 Å². The van der Waals surface area contributed by atoms with E-state index in [1.807, 2.05) is 43.3 Å². The average Bonchev–Trinajstić information content (AvgIpc) is 2.32. The first kappa shape index (κ1) is 11.9. The Morgan fingerprint density at radius 3 is 2.29 bits per heavy atom.